The fraction of sp³-hybridized carbons (Fsp3) is 0.0200. The lowest BCUT2D eigenvalue weighted by atomic mass is 9.65. The highest BCUT2D eigenvalue weighted by molar-refractivity contribution is 5.93. The highest BCUT2D eigenvalue weighted by Gasteiger charge is 2.53. The minimum absolute atomic E-state index is 0.612. The molecule has 0 atom stereocenters. The van der Waals surface area contributed by atoms with Crippen LogP contribution >= 0.6 is 0 Å². The van der Waals surface area contributed by atoms with E-state index >= 15 is 0 Å². The van der Waals surface area contributed by atoms with Crippen molar-refractivity contribution in [3.8, 4) is 158 Å². The first-order valence-corrected chi connectivity index (χ1v) is 36.1. The summed E-state index contributed by atoms with van der Waals surface area (Å²) in [5.41, 5.74) is 30.6. The van der Waals surface area contributed by atoms with Gasteiger partial charge < -0.3 is 9.47 Å². The summed E-state index contributed by atoms with van der Waals surface area (Å²) >= 11 is 0. The fourth-order valence-corrected chi connectivity index (χ4v) is 17.3. The van der Waals surface area contributed by atoms with Gasteiger partial charge in [0, 0.05) is 55.6 Å². The van der Waals surface area contributed by atoms with Crippen LogP contribution in [0.15, 0.2) is 376 Å². The van der Waals surface area contributed by atoms with Crippen molar-refractivity contribution in [1.29, 1.82) is 0 Å². The summed E-state index contributed by atoms with van der Waals surface area (Å²) < 4.78 is 14.4. The average Bonchev–Trinajstić information content (AvgIpc) is 1.48. The van der Waals surface area contributed by atoms with Gasteiger partial charge in [0.25, 0.3) is 0 Å². The third-order valence-electron chi connectivity index (χ3n) is 22.1. The minimum Gasteiger partial charge on any atom is -0.456 e. The van der Waals surface area contributed by atoms with Gasteiger partial charge in [0.05, 0.1) is 33.6 Å². The van der Waals surface area contributed by atoms with Crippen molar-refractivity contribution in [2.24, 2.45) is 0 Å². The molecule has 0 radical (unpaired) electrons. The van der Waals surface area contributed by atoms with E-state index < -0.39 is 10.8 Å². The summed E-state index contributed by atoms with van der Waals surface area (Å²) in [5, 5.41) is 0. The van der Waals surface area contributed by atoms with Crippen molar-refractivity contribution < 1.29 is 9.47 Å². The number of ether oxygens (including phenoxy) is 2. The van der Waals surface area contributed by atoms with Gasteiger partial charge >= 0.3 is 0 Å². The number of rotatable bonds is 10. The Labute approximate surface area is 614 Å². The molecule has 0 unspecified atom stereocenters. The molecule has 0 bridgehead atoms. The largest absolute Gasteiger partial charge is 0.456 e. The van der Waals surface area contributed by atoms with Crippen molar-refractivity contribution in [2.45, 2.75) is 10.8 Å². The monoisotopic (exact) mass is 1350 g/mol. The second kappa shape index (κ2) is 24.4. The highest BCUT2D eigenvalue weighted by atomic mass is 16.5. The molecule has 4 heterocycles. The van der Waals surface area contributed by atoms with Crippen molar-refractivity contribution in [3.63, 3.8) is 0 Å². The number of nitrogens with zero attached hydrogens (tertiary/aromatic N) is 4. The molecule has 0 fully saturated rings. The number of para-hydroxylation sites is 4. The molecule has 2 aliphatic carbocycles. The zero-order valence-electron chi connectivity index (χ0n) is 57.4. The van der Waals surface area contributed by atoms with Crippen LogP contribution in [0.4, 0.5) is 0 Å². The summed E-state index contributed by atoms with van der Waals surface area (Å²) in [4.78, 5) is 21.8. The van der Waals surface area contributed by atoms with Crippen LogP contribution in [-0.2, 0) is 10.8 Å². The SMILES string of the molecule is c1ccc(-c2ccc(-c3cc(-c4cccc5c4Oc4ccccc4C54c5ccccc5-c5ccccc54)nc(-c4ccc(-c5cccc(-c6ccc(-c7cc(-c8cccc9c8Oc8ccccc8C98c9ccccc9-c9ccccc98)nc(-c8ccc(-c9ccccc9)cc8)n7)cc6)c5)cc4)n3)cc2)cc1. The fourth-order valence-electron chi connectivity index (χ4n) is 17.3. The summed E-state index contributed by atoms with van der Waals surface area (Å²) in [5.74, 6) is 4.45. The van der Waals surface area contributed by atoms with Crippen molar-refractivity contribution in [3.05, 3.63) is 421 Å². The van der Waals surface area contributed by atoms with E-state index in [0.29, 0.717) is 11.6 Å². The quantitative estimate of drug-likeness (QED) is 0.136. The molecule has 106 heavy (non-hydrogen) atoms. The Bertz CT molecular complexity index is 5890. The lowest BCUT2D eigenvalue weighted by Gasteiger charge is -2.40. The maximum atomic E-state index is 7.20. The molecule has 15 aromatic carbocycles. The first kappa shape index (κ1) is 60.8. The molecule has 494 valence electrons. The first-order valence-electron chi connectivity index (χ1n) is 36.1. The smallest absolute Gasteiger partial charge is 0.160 e. The Hall–Kier alpha value is -13.9. The molecular weight excluding hydrogens is 1290 g/mol. The van der Waals surface area contributed by atoms with Crippen LogP contribution in [0.3, 0.4) is 0 Å². The molecular formula is C100H62N4O2. The number of aromatic nitrogens is 4. The zero-order chi connectivity index (χ0) is 69.9. The first-order chi connectivity index (χ1) is 52.5. The molecule has 2 aliphatic heterocycles. The van der Waals surface area contributed by atoms with E-state index in [2.05, 4.69) is 370 Å². The molecule has 0 saturated heterocycles. The van der Waals surface area contributed by atoms with E-state index in [1.54, 1.807) is 0 Å². The molecule has 2 spiro atoms. The Balaban J connectivity index is 0.637. The Kier molecular flexibility index (Phi) is 14.0. The second-order valence-corrected chi connectivity index (χ2v) is 27.8. The van der Waals surface area contributed by atoms with E-state index in [4.69, 9.17) is 29.4 Å². The lowest BCUT2D eigenvalue weighted by Crippen LogP contribution is -2.32. The summed E-state index contributed by atoms with van der Waals surface area (Å²) in [6.07, 6.45) is 0. The normalized spacial score (nSPS) is 13.2. The standard InChI is InChI=1S/C100H62N4O2/c1-3-22-63(23-4-1)65-44-52-69(53-45-65)89-61-91(79-32-20-40-87-95(79)105-93-42-17-15-38-85(93)99(87)81-34-11-7-28-75(81)76-29-8-12-35-82(76)99)104-98(101-89)72-58-50-68(51-59-72)74-27-19-26-73(60-74)67-46-54-70(55-47-67)90-62-92(103-97(102-90)71-56-48-66(49-57-71)64-24-5-2-6-25-64)80-33-21-41-88-96(80)106-94-43-18-16-39-86(94)100(88)83-36-13-9-30-77(83)78-31-10-14-37-84(78)100/h1-62H. The Morgan fingerprint density at radius 2 is 0.425 bits per heavy atom. The van der Waals surface area contributed by atoms with Gasteiger partial charge in [-0.05, 0) is 131 Å². The molecule has 17 aromatic rings. The second-order valence-electron chi connectivity index (χ2n) is 27.8. The minimum atomic E-state index is -0.627. The summed E-state index contributed by atoms with van der Waals surface area (Å²) in [7, 11) is 0. The third-order valence-corrected chi connectivity index (χ3v) is 22.1. The van der Waals surface area contributed by atoms with Crippen LogP contribution in [0.25, 0.3) is 135 Å². The maximum Gasteiger partial charge on any atom is 0.160 e. The zero-order valence-corrected chi connectivity index (χ0v) is 57.4. The van der Waals surface area contributed by atoms with Crippen LogP contribution in [0.2, 0.25) is 0 Å². The number of fused-ring (bicyclic) bond motifs is 18. The van der Waals surface area contributed by atoms with Crippen LogP contribution < -0.4 is 9.47 Å². The lowest BCUT2D eigenvalue weighted by molar-refractivity contribution is 0.437. The Morgan fingerprint density at radius 1 is 0.170 bits per heavy atom. The predicted octanol–water partition coefficient (Wildman–Crippen LogP) is 24.9. The molecule has 0 saturated carbocycles. The van der Waals surface area contributed by atoms with Gasteiger partial charge in [0.2, 0.25) is 0 Å². The van der Waals surface area contributed by atoms with E-state index in [-0.39, 0.29) is 0 Å². The topological polar surface area (TPSA) is 70.0 Å². The van der Waals surface area contributed by atoms with Crippen LogP contribution in [0.5, 0.6) is 23.0 Å². The van der Waals surface area contributed by atoms with Gasteiger partial charge in [-0.15, -0.1) is 0 Å². The van der Waals surface area contributed by atoms with Gasteiger partial charge in [-0.2, -0.15) is 0 Å². The average molecular weight is 1350 g/mol. The van der Waals surface area contributed by atoms with Gasteiger partial charge in [0.15, 0.2) is 11.6 Å². The van der Waals surface area contributed by atoms with E-state index in [9.17, 15) is 0 Å². The molecule has 0 amide bonds. The van der Waals surface area contributed by atoms with Gasteiger partial charge in [-0.1, -0.05) is 334 Å². The van der Waals surface area contributed by atoms with Crippen LogP contribution in [-0.4, -0.2) is 19.9 Å². The predicted molar refractivity (Wildman–Crippen MR) is 427 cm³/mol. The van der Waals surface area contributed by atoms with E-state index in [0.717, 1.165) is 146 Å². The number of benzene rings is 15. The van der Waals surface area contributed by atoms with Crippen molar-refractivity contribution >= 4 is 0 Å². The van der Waals surface area contributed by atoms with Crippen LogP contribution in [0.1, 0.15) is 44.5 Å². The van der Waals surface area contributed by atoms with Gasteiger partial charge in [0.1, 0.15) is 23.0 Å². The van der Waals surface area contributed by atoms with Gasteiger partial charge in [-0.3, -0.25) is 0 Å². The molecule has 6 heteroatoms. The third kappa shape index (κ3) is 9.51. The number of hydrogen-bond donors (Lipinski definition) is 0. The maximum absolute atomic E-state index is 7.20. The summed E-state index contributed by atoms with van der Waals surface area (Å²) in [6, 6.07) is 134. The highest BCUT2D eigenvalue weighted by Crippen LogP contribution is 2.65. The van der Waals surface area contributed by atoms with Crippen LogP contribution in [0, 0.1) is 0 Å². The van der Waals surface area contributed by atoms with E-state index in [1.165, 1.54) is 44.5 Å². The molecule has 6 nitrogen and oxygen atoms in total. The van der Waals surface area contributed by atoms with Crippen molar-refractivity contribution in [2.75, 3.05) is 0 Å². The van der Waals surface area contributed by atoms with Gasteiger partial charge in [-0.25, -0.2) is 19.9 Å². The molecule has 21 rings (SSSR count). The van der Waals surface area contributed by atoms with E-state index in [1.807, 2.05) is 6.07 Å². The number of hydrogen-bond acceptors (Lipinski definition) is 6. The molecule has 0 N–H and O–H groups in total. The molecule has 4 aliphatic rings. The van der Waals surface area contributed by atoms with Crippen molar-refractivity contribution in [1.82, 2.24) is 19.9 Å². The molecule has 2 aromatic heterocycles. The Morgan fingerprint density at radius 3 is 0.802 bits per heavy atom. The summed E-state index contributed by atoms with van der Waals surface area (Å²) in [6.45, 7) is 0.